The van der Waals surface area contributed by atoms with Gasteiger partial charge >= 0.3 is 10.2 Å². The molecule has 0 saturated carbocycles. The molecule has 0 saturated heterocycles. The van der Waals surface area contributed by atoms with Crippen LogP contribution in [-0.4, -0.2) is 8.42 Å². The minimum absolute atomic E-state index is 0.199. The smallest absolute Gasteiger partial charge is 0.207 e. The average molecular weight is 268 g/mol. The molecule has 0 aliphatic heterocycles. The van der Waals surface area contributed by atoms with Gasteiger partial charge in [-0.25, -0.2) is 4.39 Å². The van der Waals surface area contributed by atoms with Crippen LogP contribution in [-0.2, 0) is 10.2 Å². The van der Waals surface area contributed by atoms with Gasteiger partial charge in [0, 0.05) is 0 Å². The Morgan fingerprint density at radius 3 is 1.83 bits per heavy atom. The van der Waals surface area contributed by atoms with Gasteiger partial charge in [0.1, 0.15) is 11.1 Å². The maximum atomic E-state index is 13.4. The minimum atomic E-state index is -4.81. The van der Waals surface area contributed by atoms with Crippen LogP contribution < -0.4 is 0 Å². The standard InChI is InChI=1S/C13H10F2O2S/c14-12-8-6-11(7-9-12)13(18(15,16)17)10-4-2-1-3-5-10/h1-9,13H. The Bertz CT molecular complexity index is 622. The van der Waals surface area contributed by atoms with Crippen LogP contribution in [0.4, 0.5) is 8.28 Å². The van der Waals surface area contributed by atoms with E-state index in [4.69, 9.17) is 0 Å². The summed E-state index contributed by atoms with van der Waals surface area (Å²) >= 11 is 0. The first kappa shape index (κ1) is 12.7. The Hall–Kier alpha value is -1.75. The molecule has 18 heavy (non-hydrogen) atoms. The van der Waals surface area contributed by atoms with Crippen LogP contribution in [0.1, 0.15) is 16.4 Å². The molecule has 0 N–H and O–H groups in total. The monoisotopic (exact) mass is 268 g/mol. The van der Waals surface area contributed by atoms with Crippen molar-refractivity contribution in [2.24, 2.45) is 0 Å². The summed E-state index contributed by atoms with van der Waals surface area (Å²) in [5.74, 6) is -0.498. The van der Waals surface area contributed by atoms with Crippen molar-refractivity contribution in [2.45, 2.75) is 5.25 Å². The lowest BCUT2D eigenvalue weighted by Crippen LogP contribution is -2.10. The lowest BCUT2D eigenvalue weighted by molar-refractivity contribution is 0.543. The van der Waals surface area contributed by atoms with Gasteiger partial charge in [-0.15, -0.1) is 3.89 Å². The maximum absolute atomic E-state index is 13.4. The van der Waals surface area contributed by atoms with Crippen molar-refractivity contribution in [2.75, 3.05) is 0 Å². The molecule has 2 aromatic carbocycles. The van der Waals surface area contributed by atoms with Crippen molar-refractivity contribution in [1.29, 1.82) is 0 Å². The molecule has 94 valence electrons. The highest BCUT2D eigenvalue weighted by molar-refractivity contribution is 7.86. The predicted octanol–water partition coefficient (Wildman–Crippen LogP) is 3.21. The summed E-state index contributed by atoms with van der Waals surface area (Å²) in [4.78, 5) is 0. The Balaban J connectivity index is 2.55. The molecule has 0 spiro atoms. The Morgan fingerprint density at radius 1 is 0.833 bits per heavy atom. The van der Waals surface area contributed by atoms with Gasteiger partial charge in [-0.2, -0.15) is 8.42 Å². The van der Waals surface area contributed by atoms with Crippen LogP contribution in [0.5, 0.6) is 0 Å². The van der Waals surface area contributed by atoms with Gasteiger partial charge in [0.2, 0.25) is 0 Å². The SMILES string of the molecule is O=S(=O)(F)C(c1ccccc1)c1ccc(F)cc1. The van der Waals surface area contributed by atoms with E-state index in [1.807, 2.05) is 0 Å². The average Bonchev–Trinajstić information content (AvgIpc) is 2.32. The van der Waals surface area contributed by atoms with Crippen molar-refractivity contribution in [3.8, 4) is 0 Å². The number of hydrogen-bond donors (Lipinski definition) is 0. The molecule has 0 aliphatic rings. The van der Waals surface area contributed by atoms with Crippen LogP contribution in [0.2, 0.25) is 0 Å². The van der Waals surface area contributed by atoms with E-state index in [1.165, 1.54) is 24.3 Å². The fraction of sp³-hybridized carbons (Fsp3) is 0.0769. The molecule has 0 aliphatic carbocycles. The molecule has 0 fully saturated rings. The van der Waals surface area contributed by atoms with E-state index in [-0.39, 0.29) is 5.56 Å². The lowest BCUT2D eigenvalue weighted by atomic mass is 10.0. The van der Waals surface area contributed by atoms with E-state index in [0.717, 1.165) is 12.1 Å². The molecule has 2 nitrogen and oxygen atoms in total. The third-order valence-electron chi connectivity index (χ3n) is 2.56. The second-order valence-electron chi connectivity index (χ2n) is 3.82. The molecule has 2 rings (SSSR count). The molecule has 0 amide bonds. The first-order valence-electron chi connectivity index (χ1n) is 5.22. The van der Waals surface area contributed by atoms with Gasteiger partial charge in [0.15, 0.2) is 0 Å². The molecule has 0 aromatic heterocycles. The van der Waals surface area contributed by atoms with E-state index < -0.39 is 21.3 Å². The van der Waals surface area contributed by atoms with E-state index in [2.05, 4.69) is 0 Å². The molecule has 0 radical (unpaired) electrons. The molecule has 2 aromatic rings. The Morgan fingerprint density at radius 2 is 1.33 bits per heavy atom. The highest BCUT2D eigenvalue weighted by Gasteiger charge is 2.28. The van der Waals surface area contributed by atoms with E-state index in [9.17, 15) is 16.7 Å². The summed E-state index contributed by atoms with van der Waals surface area (Å²) in [7, 11) is -4.81. The van der Waals surface area contributed by atoms with Gasteiger partial charge in [0.25, 0.3) is 0 Å². The topological polar surface area (TPSA) is 34.1 Å². The van der Waals surface area contributed by atoms with Gasteiger partial charge < -0.3 is 0 Å². The normalized spacial score (nSPS) is 13.2. The third-order valence-corrected chi connectivity index (χ3v) is 3.66. The molecule has 0 heterocycles. The summed E-state index contributed by atoms with van der Waals surface area (Å²) in [6.45, 7) is 0. The summed E-state index contributed by atoms with van der Waals surface area (Å²) in [5, 5.41) is -1.42. The predicted molar refractivity (Wildman–Crippen MR) is 64.7 cm³/mol. The fourth-order valence-electron chi connectivity index (χ4n) is 1.78. The summed E-state index contributed by atoms with van der Waals surface area (Å²) in [6, 6.07) is 12.7. The highest BCUT2D eigenvalue weighted by atomic mass is 32.3. The Kier molecular flexibility index (Phi) is 3.43. The van der Waals surface area contributed by atoms with Crippen molar-refractivity contribution in [3.05, 3.63) is 71.5 Å². The molecule has 5 heteroatoms. The first-order chi connectivity index (χ1) is 8.48. The molecular formula is C13H10F2O2S. The van der Waals surface area contributed by atoms with E-state index in [0.29, 0.717) is 5.56 Å². The minimum Gasteiger partial charge on any atom is -0.207 e. The van der Waals surface area contributed by atoms with Gasteiger partial charge in [-0.1, -0.05) is 42.5 Å². The quantitative estimate of drug-likeness (QED) is 0.801. The zero-order valence-corrected chi connectivity index (χ0v) is 10.1. The van der Waals surface area contributed by atoms with E-state index >= 15 is 0 Å². The van der Waals surface area contributed by atoms with Crippen molar-refractivity contribution in [3.63, 3.8) is 0 Å². The van der Waals surface area contributed by atoms with Crippen molar-refractivity contribution >= 4 is 10.2 Å². The van der Waals surface area contributed by atoms with Crippen LogP contribution in [0.25, 0.3) is 0 Å². The van der Waals surface area contributed by atoms with Gasteiger partial charge in [-0.3, -0.25) is 0 Å². The van der Waals surface area contributed by atoms with Crippen LogP contribution >= 0.6 is 0 Å². The molecule has 1 unspecified atom stereocenters. The summed E-state index contributed by atoms with van der Waals surface area (Å²) in [6.07, 6.45) is 0. The van der Waals surface area contributed by atoms with Crippen molar-refractivity contribution in [1.82, 2.24) is 0 Å². The largest absolute Gasteiger partial charge is 0.313 e. The first-order valence-corrected chi connectivity index (χ1v) is 6.67. The highest BCUT2D eigenvalue weighted by Crippen LogP contribution is 2.31. The third kappa shape index (κ3) is 2.73. The second kappa shape index (κ2) is 4.86. The van der Waals surface area contributed by atoms with E-state index in [1.54, 1.807) is 18.2 Å². The fourth-order valence-corrected chi connectivity index (χ4v) is 2.75. The zero-order valence-electron chi connectivity index (χ0n) is 9.25. The summed E-state index contributed by atoms with van der Waals surface area (Å²) < 4.78 is 48.7. The number of halogens is 2. The van der Waals surface area contributed by atoms with Crippen LogP contribution in [0.15, 0.2) is 54.6 Å². The van der Waals surface area contributed by atoms with Crippen LogP contribution in [0.3, 0.4) is 0 Å². The number of hydrogen-bond acceptors (Lipinski definition) is 2. The maximum Gasteiger partial charge on any atom is 0.313 e. The molecular weight excluding hydrogens is 258 g/mol. The van der Waals surface area contributed by atoms with Gasteiger partial charge in [0.05, 0.1) is 0 Å². The molecule has 1 atom stereocenters. The van der Waals surface area contributed by atoms with Crippen LogP contribution in [0, 0.1) is 5.82 Å². The zero-order chi connectivity index (χ0) is 13.2. The molecule has 0 bridgehead atoms. The van der Waals surface area contributed by atoms with Gasteiger partial charge in [-0.05, 0) is 23.3 Å². The lowest BCUT2D eigenvalue weighted by Gasteiger charge is -2.13. The second-order valence-corrected chi connectivity index (χ2v) is 5.24. The summed E-state index contributed by atoms with van der Waals surface area (Å²) in [5.41, 5.74) is 0.511. The Labute approximate surface area is 104 Å². The number of benzene rings is 2. The number of rotatable bonds is 3. The van der Waals surface area contributed by atoms with Crippen molar-refractivity contribution < 1.29 is 16.7 Å².